The van der Waals surface area contributed by atoms with Crippen molar-refractivity contribution in [1.29, 1.82) is 0 Å². The smallest absolute Gasteiger partial charge is 0.336 e. The van der Waals surface area contributed by atoms with Gasteiger partial charge in [-0.2, -0.15) is 0 Å². The van der Waals surface area contributed by atoms with Crippen LogP contribution in [0.3, 0.4) is 0 Å². The Morgan fingerprint density at radius 1 is 1.06 bits per heavy atom. The molecule has 1 N–H and O–H groups in total. The minimum atomic E-state index is -0.934. The molecule has 4 rings (SSSR count). The van der Waals surface area contributed by atoms with Crippen molar-refractivity contribution in [2.24, 2.45) is 0 Å². The van der Waals surface area contributed by atoms with E-state index in [1.807, 2.05) is 0 Å². The Kier molecular flexibility index (Phi) is 5.71. The van der Waals surface area contributed by atoms with Gasteiger partial charge in [-0.15, -0.1) is 11.3 Å². The van der Waals surface area contributed by atoms with Crippen LogP contribution in [0.25, 0.3) is 15.9 Å². The van der Waals surface area contributed by atoms with Crippen molar-refractivity contribution in [3.05, 3.63) is 97.0 Å². The average Bonchev–Trinajstić information content (AvgIpc) is 3.20. The Morgan fingerprint density at radius 2 is 1.77 bits per heavy atom. The molecule has 0 aliphatic heterocycles. The van der Waals surface area contributed by atoms with Crippen molar-refractivity contribution in [3.8, 4) is 5.69 Å². The van der Waals surface area contributed by atoms with Gasteiger partial charge in [0.25, 0.3) is 5.56 Å². The molecule has 0 unspecified atom stereocenters. The molecule has 0 radical (unpaired) electrons. The SMILES string of the molecule is O=C(Cn1c(=O)n(-c2cc(F)cc(F)c2)c(=O)c2sccc21)NCc1ccccc1Cl. The summed E-state index contributed by atoms with van der Waals surface area (Å²) in [5.74, 6) is -2.36. The van der Waals surface area contributed by atoms with E-state index in [1.54, 1.807) is 35.7 Å². The molecule has 0 atom stereocenters. The largest absolute Gasteiger partial charge is 0.350 e. The second kappa shape index (κ2) is 8.44. The van der Waals surface area contributed by atoms with E-state index in [-0.39, 0.29) is 22.4 Å². The molecule has 2 aromatic carbocycles. The Bertz CT molecular complexity index is 1410. The van der Waals surface area contributed by atoms with E-state index in [4.69, 9.17) is 11.6 Å². The normalized spacial score (nSPS) is 11.1. The number of benzene rings is 2. The van der Waals surface area contributed by atoms with Crippen molar-refractivity contribution >= 4 is 39.1 Å². The molecule has 0 spiro atoms. The van der Waals surface area contributed by atoms with Crippen molar-refractivity contribution in [3.63, 3.8) is 0 Å². The van der Waals surface area contributed by atoms with E-state index >= 15 is 0 Å². The van der Waals surface area contributed by atoms with Crippen LogP contribution in [0.15, 0.2) is 63.5 Å². The summed E-state index contributed by atoms with van der Waals surface area (Å²) in [6.45, 7) is -0.247. The summed E-state index contributed by atoms with van der Waals surface area (Å²) < 4.78 is 29.3. The lowest BCUT2D eigenvalue weighted by molar-refractivity contribution is -0.121. The molecule has 10 heteroatoms. The molecular formula is C21H14ClF2N3O3S. The first kappa shape index (κ1) is 21.0. The van der Waals surface area contributed by atoms with Gasteiger partial charge in [0.1, 0.15) is 22.9 Å². The Labute approximate surface area is 182 Å². The fourth-order valence-corrected chi connectivity index (χ4v) is 4.20. The number of hydrogen-bond acceptors (Lipinski definition) is 4. The molecular weight excluding hydrogens is 448 g/mol. The lowest BCUT2D eigenvalue weighted by Crippen LogP contribution is -2.41. The van der Waals surface area contributed by atoms with Gasteiger partial charge in [0.05, 0.1) is 11.2 Å². The van der Waals surface area contributed by atoms with E-state index in [9.17, 15) is 23.2 Å². The number of carbonyl (C=O) groups is 1. The number of thiophene rings is 1. The number of nitrogens with one attached hydrogen (secondary N) is 1. The minimum Gasteiger partial charge on any atom is -0.350 e. The first-order valence-electron chi connectivity index (χ1n) is 9.05. The van der Waals surface area contributed by atoms with Crippen LogP contribution in [0.2, 0.25) is 5.02 Å². The van der Waals surface area contributed by atoms with Gasteiger partial charge in [-0.25, -0.2) is 18.1 Å². The molecule has 0 aliphatic rings. The van der Waals surface area contributed by atoms with E-state index in [0.717, 1.165) is 28.0 Å². The highest BCUT2D eigenvalue weighted by atomic mass is 35.5. The number of fused-ring (bicyclic) bond motifs is 1. The highest BCUT2D eigenvalue weighted by Gasteiger charge is 2.18. The van der Waals surface area contributed by atoms with Gasteiger partial charge in [-0.1, -0.05) is 29.8 Å². The van der Waals surface area contributed by atoms with Crippen LogP contribution in [-0.2, 0) is 17.9 Å². The fraction of sp³-hybridized carbons (Fsp3) is 0.0952. The van der Waals surface area contributed by atoms with Crippen molar-refractivity contribution in [2.75, 3.05) is 0 Å². The third-order valence-electron chi connectivity index (χ3n) is 4.60. The van der Waals surface area contributed by atoms with Crippen LogP contribution < -0.4 is 16.6 Å². The summed E-state index contributed by atoms with van der Waals surface area (Å²) in [4.78, 5) is 38.4. The van der Waals surface area contributed by atoms with Gasteiger partial charge in [0, 0.05) is 17.6 Å². The summed E-state index contributed by atoms with van der Waals surface area (Å²) in [7, 11) is 0. The fourth-order valence-electron chi connectivity index (χ4n) is 3.17. The highest BCUT2D eigenvalue weighted by molar-refractivity contribution is 7.17. The number of hydrogen-bond donors (Lipinski definition) is 1. The monoisotopic (exact) mass is 461 g/mol. The van der Waals surface area contributed by atoms with Crippen LogP contribution in [0.1, 0.15) is 5.56 Å². The maximum atomic E-state index is 13.7. The van der Waals surface area contributed by atoms with Crippen molar-refractivity contribution in [1.82, 2.24) is 14.5 Å². The standard InChI is InChI=1S/C21H14ClF2N3O3S/c22-16-4-2-1-3-12(16)10-25-18(28)11-26-17-5-6-31-19(17)20(29)27(21(26)30)15-8-13(23)7-14(24)9-15/h1-9H,10-11H2,(H,25,28). The average molecular weight is 462 g/mol. The lowest BCUT2D eigenvalue weighted by atomic mass is 10.2. The zero-order chi connectivity index (χ0) is 22.1. The van der Waals surface area contributed by atoms with E-state index in [0.29, 0.717) is 21.2 Å². The van der Waals surface area contributed by atoms with Crippen LogP contribution in [-0.4, -0.2) is 15.0 Å². The second-order valence-corrected chi connectivity index (χ2v) is 7.96. The molecule has 31 heavy (non-hydrogen) atoms. The third kappa shape index (κ3) is 4.14. The first-order chi connectivity index (χ1) is 14.8. The number of amides is 1. The van der Waals surface area contributed by atoms with Gasteiger partial charge >= 0.3 is 5.69 Å². The molecule has 0 fully saturated rings. The third-order valence-corrected chi connectivity index (χ3v) is 5.86. The Morgan fingerprint density at radius 3 is 2.48 bits per heavy atom. The molecule has 0 saturated carbocycles. The molecule has 0 saturated heterocycles. The zero-order valence-corrected chi connectivity index (χ0v) is 17.3. The van der Waals surface area contributed by atoms with Crippen LogP contribution in [0.4, 0.5) is 8.78 Å². The molecule has 2 heterocycles. The molecule has 1 amide bonds. The van der Waals surface area contributed by atoms with Gasteiger partial charge in [-0.3, -0.25) is 14.2 Å². The molecule has 2 aromatic heterocycles. The lowest BCUT2D eigenvalue weighted by Gasteiger charge is -2.13. The van der Waals surface area contributed by atoms with Gasteiger partial charge in [-0.05, 0) is 35.2 Å². The molecule has 6 nitrogen and oxygen atoms in total. The predicted molar refractivity (Wildman–Crippen MR) is 115 cm³/mol. The number of nitrogens with zero attached hydrogens (tertiary/aromatic N) is 2. The molecule has 0 aliphatic carbocycles. The Balaban J connectivity index is 1.73. The quantitative estimate of drug-likeness (QED) is 0.494. The maximum Gasteiger partial charge on any atom is 0.336 e. The van der Waals surface area contributed by atoms with E-state index in [2.05, 4.69) is 5.32 Å². The first-order valence-corrected chi connectivity index (χ1v) is 10.3. The van der Waals surface area contributed by atoms with Gasteiger partial charge in [0.2, 0.25) is 5.91 Å². The summed E-state index contributed by atoms with van der Waals surface area (Å²) in [6, 6.07) is 10.9. The summed E-state index contributed by atoms with van der Waals surface area (Å²) in [6.07, 6.45) is 0. The summed E-state index contributed by atoms with van der Waals surface area (Å²) >= 11 is 7.15. The number of halogens is 3. The predicted octanol–water partition coefficient (Wildman–Crippen LogP) is 3.46. The molecule has 0 bridgehead atoms. The maximum absolute atomic E-state index is 13.7. The van der Waals surface area contributed by atoms with Crippen molar-refractivity contribution in [2.45, 2.75) is 13.1 Å². The summed E-state index contributed by atoms with van der Waals surface area (Å²) in [5, 5.41) is 4.76. The number of aromatic nitrogens is 2. The van der Waals surface area contributed by atoms with E-state index in [1.165, 1.54) is 0 Å². The molecule has 4 aromatic rings. The Hall–Kier alpha value is -3.30. The summed E-state index contributed by atoms with van der Waals surface area (Å²) in [5.41, 5.74) is -0.888. The van der Waals surface area contributed by atoms with Gasteiger partial charge in [0.15, 0.2) is 0 Å². The van der Waals surface area contributed by atoms with Crippen LogP contribution in [0, 0.1) is 11.6 Å². The van der Waals surface area contributed by atoms with Gasteiger partial charge < -0.3 is 5.32 Å². The topological polar surface area (TPSA) is 73.1 Å². The van der Waals surface area contributed by atoms with E-state index < -0.39 is 35.3 Å². The van der Waals surface area contributed by atoms with Crippen LogP contribution in [0.5, 0.6) is 0 Å². The van der Waals surface area contributed by atoms with Crippen LogP contribution >= 0.6 is 22.9 Å². The highest BCUT2D eigenvalue weighted by Crippen LogP contribution is 2.18. The van der Waals surface area contributed by atoms with Crippen molar-refractivity contribution < 1.29 is 13.6 Å². The minimum absolute atomic E-state index is 0.148. The number of rotatable bonds is 5. The number of carbonyl (C=O) groups excluding carboxylic acids is 1. The second-order valence-electron chi connectivity index (χ2n) is 6.64. The molecule has 158 valence electrons. The zero-order valence-electron chi connectivity index (χ0n) is 15.8.